The van der Waals surface area contributed by atoms with Crippen LogP contribution in [0, 0.1) is 22.2 Å². The number of hydrogen-bond acceptors (Lipinski definition) is 18. The maximum absolute atomic E-state index is 16.2. The monoisotopic (exact) mass is 1130 g/mol. The van der Waals surface area contributed by atoms with E-state index in [4.69, 9.17) is 112 Å². The number of benzene rings is 1. The van der Waals surface area contributed by atoms with Gasteiger partial charge in [-0.05, 0) is 48.6 Å². The third-order valence-corrected chi connectivity index (χ3v) is 14.5. The van der Waals surface area contributed by atoms with Crippen LogP contribution in [0.5, 0.6) is 0 Å². The molecule has 1 aromatic carbocycles. The maximum Gasteiger partial charge on any atom is 0.509 e. The van der Waals surface area contributed by atoms with Crippen molar-refractivity contribution in [3.8, 4) is 0 Å². The smallest absolute Gasteiger partial charge is 0.472 e. The summed E-state index contributed by atoms with van der Waals surface area (Å²) in [5.41, 5.74) is -10.3. The SMILES string of the molecule is CC(=O)O[C@@]12CO[C@@H]1C[C@H](OC(=O)OCC(Cl)(Cl)Cl)[C@@]1(C)C(=O)[C@H](OC(=O)OCC(Cl)(Cl)Cl)C3=C(C)[C@@H](OC(=O)[C@H](O)[C@@H](NC(=O)c4ccoc4)C(C)(C)C)C[C@@](O)([C@@H](OC(=O)c4ccccc4)[C@H]21)C3(C)C. The number of aliphatic hydroxyl groups is 2. The van der Waals surface area contributed by atoms with E-state index in [1.807, 2.05) is 0 Å². The molecule has 4 aliphatic rings. The summed E-state index contributed by atoms with van der Waals surface area (Å²) in [5.74, 6) is -7.00. The van der Waals surface area contributed by atoms with Crippen LogP contribution in [-0.2, 0) is 52.3 Å². The second-order valence-corrected chi connectivity index (χ2v) is 24.9. The van der Waals surface area contributed by atoms with Crippen molar-refractivity contribution in [1.82, 2.24) is 5.32 Å². The molecule has 2 heterocycles. The minimum atomic E-state index is -2.64. The highest BCUT2D eigenvalue weighted by Crippen LogP contribution is 2.65. The van der Waals surface area contributed by atoms with Gasteiger partial charge in [-0.2, -0.15) is 0 Å². The number of nitrogens with one attached hydrogen (secondary N) is 1. The Labute approximate surface area is 443 Å². The molecule has 72 heavy (non-hydrogen) atoms. The van der Waals surface area contributed by atoms with E-state index in [-0.39, 0.29) is 22.3 Å². The van der Waals surface area contributed by atoms with Crippen molar-refractivity contribution in [1.29, 1.82) is 0 Å². The fourth-order valence-electron chi connectivity index (χ4n) is 10.3. The number of carbonyl (C=O) groups excluding carboxylic acids is 7. The van der Waals surface area contributed by atoms with Gasteiger partial charge in [0, 0.05) is 25.2 Å². The molecular formula is C47H53Cl6NO18. The van der Waals surface area contributed by atoms with Gasteiger partial charge in [0.05, 0.1) is 41.4 Å². The summed E-state index contributed by atoms with van der Waals surface area (Å²) < 4.78 is 47.4. The summed E-state index contributed by atoms with van der Waals surface area (Å²) in [6.45, 7) is 9.25. The predicted molar refractivity (Wildman–Crippen MR) is 255 cm³/mol. The van der Waals surface area contributed by atoms with E-state index in [1.165, 1.54) is 64.3 Å². The first-order valence-electron chi connectivity index (χ1n) is 22.2. The number of Topliss-reactive ketones (excluding diaryl/α,β-unsaturated/α-hetero) is 1. The van der Waals surface area contributed by atoms with Crippen molar-refractivity contribution in [3.63, 3.8) is 0 Å². The van der Waals surface area contributed by atoms with Crippen LogP contribution in [0.2, 0.25) is 0 Å². The Hall–Kier alpha value is -4.05. The Balaban J connectivity index is 1.61. The summed E-state index contributed by atoms with van der Waals surface area (Å²) >= 11 is 35.3. The van der Waals surface area contributed by atoms with E-state index in [2.05, 4.69) is 5.32 Å². The molecule has 19 nitrogen and oxygen atoms in total. The third-order valence-electron chi connectivity index (χ3n) is 13.8. The highest BCUT2D eigenvalue weighted by molar-refractivity contribution is 6.68. The molecule has 1 aliphatic heterocycles. The lowest BCUT2D eigenvalue weighted by Gasteiger charge is -2.67. The number of esters is 3. The molecule has 2 bridgehead atoms. The van der Waals surface area contributed by atoms with Gasteiger partial charge in [-0.1, -0.05) is 122 Å². The minimum absolute atomic E-state index is 0.0300. The number of carbonyl (C=O) groups is 7. The van der Waals surface area contributed by atoms with Crippen LogP contribution in [0.1, 0.15) is 88.9 Å². The first kappa shape index (κ1) is 57.2. The standard InChI is InChI=1S/C47H53Cl6NO18/c1-22-26(68-38(60)30(56)33(41(3,4)5)54-36(58)25-14-15-64-18-25)17-45(63)35(71-37(59)24-12-10-9-11-13-24)32-43(8,34(57)31(29(22)42(45,6)7)70-40(62)67-21-47(51,52)53)27(69-39(61)66-20-46(48,49)50)16-28-44(32,19-65-28)72-23(2)55/h9-15,18,26-28,30-33,35,56,63H,16-17,19-21H2,1-8H3,(H,54,58)/t26-,27-,28+,30+,31+,32-,33+,35-,43+,44-,45+/m0/s1. The number of fused-ring (bicyclic) bond motifs is 5. The quantitative estimate of drug-likeness (QED) is 0.0804. The molecule has 1 amide bonds. The average molecular weight is 1130 g/mol. The zero-order valence-electron chi connectivity index (χ0n) is 40.0. The fourth-order valence-corrected chi connectivity index (χ4v) is 10.6. The minimum Gasteiger partial charge on any atom is -0.472 e. The van der Waals surface area contributed by atoms with Gasteiger partial charge in [0.15, 0.2) is 23.6 Å². The number of ketones is 1. The van der Waals surface area contributed by atoms with E-state index in [0.29, 0.717) is 0 Å². The molecule has 1 saturated heterocycles. The fraction of sp³-hybridized carbons (Fsp3) is 0.596. The van der Waals surface area contributed by atoms with Crippen molar-refractivity contribution >= 4 is 112 Å². The summed E-state index contributed by atoms with van der Waals surface area (Å²) in [7, 11) is 0. The molecular weight excluding hydrogens is 1080 g/mol. The van der Waals surface area contributed by atoms with Gasteiger partial charge in [-0.25, -0.2) is 19.2 Å². The van der Waals surface area contributed by atoms with Crippen LogP contribution in [0.15, 0.2) is 64.5 Å². The molecule has 6 rings (SSSR count). The zero-order chi connectivity index (χ0) is 53.7. The molecule has 11 atom stereocenters. The van der Waals surface area contributed by atoms with Gasteiger partial charge in [-0.15, -0.1) is 0 Å². The van der Waals surface area contributed by atoms with Crippen LogP contribution in [0.4, 0.5) is 9.59 Å². The number of ether oxygens (including phenoxy) is 8. The average Bonchev–Trinajstić information content (AvgIpc) is 3.82. The highest BCUT2D eigenvalue weighted by atomic mass is 35.6. The molecule has 2 aromatic rings. The Bertz CT molecular complexity index is 2450. The number of amides is 1. The number of aliphatic hydroxyl groups excluding tert-OH is 1. The maximum atomic E-state index is 16.2. The van der Waals surface area contributed by atoms with Crippen molar-refractivity contribution in [2.24, 2.45) is 22.2 Å². The summed E-state index contributed by atoms with van der Waals surface area (Å²) in [4.78, 5) is 99.2. The molecule has 3 aliphatic carbocycles. The molecule has 0 radical (unpaired) electrons. The van der Waals surface area contributed by atoms with E-state index in [1.54, 1.807) is 26.8 Å². The van der Waals surface area contributed by atoms with Crippen LogP contribution in [-0.4, -0.2) is 133 Å². The number of alkyl halides is 6. The summed E-state index contributed by atoms with van der Waals surface area (Å²) in [5, 5.41) is 28.4. The predicted octanol–water partition coefficient (Wildman–Crippen LogP) is 7.49. The first-order valence-corrected chi connectivity index (χ1v) is 24.5. The van der Waals surface area contributed by atoms with Crippen LogP contribution in [0.25, 0.3) is 0 Å². The van der Waals surface area contributed by atoms with Gasteiger partial charge in [-0.3, -0.25) is 14.4 Å². The third kappa shape index (κ3) is 11.4. The second-order valence-electron chi connectivity index (χ2n) is 19.9. The van der Waals surface area contributed by atoms with Crippen LogP contribution in [0.3, 0.4) is 0 Å². The number of rotatable bonds is 12. The number of halogens is 6. The van der Waals surface area contributed by atoms with E-state index >= 15 is 4.79 Å². The lowest BCUT2D eigenvalue weighted by atomic mass is 9.44. The van der Waals surface area contributed by atoms with E-state index in [0.717, 1.165) is 13.2 Å². The molecule has 396 valence electrons. The van der Waals surface area contributed by atoms with Crippen molar-refractivity contribution < 1.29 is 86.1 Å². The topological polar surface area (TPSA) is 259 Å². The Morgan fingerprint density at radius 1 is 0.861 bits per heavy atom. The second kappa shape index (κ2) is 20.9. The number of furan rings is 1. The van der Waals surface area contributed by atoms with Crippen LogP contribution >= 0.6 is 69.6 Å². The van der Waals surface area contributed by atoms with Crippen molar-refractivity contribution in [2.45, 2.75) is 130 Å². The van der Waals surface area contributed by atoms with Crippen molar-refractivity contribution in [2.75, 3.05) is 19.8 Å². The van der Waals surface area contributed by atoms with Gasteiger partial charge >= 0.3 is 30.2 Å². The normalized spacial score (nSPS) is 29.8. The molecule has 25 heteroatoms. The van der Waals surface area contributed by atoms with E-state index in [9.17, 15) is 39.0 Å². The van der Waals surface area contributed by atoms with Crippen LogP contribution < -0.4 is 5.32 Å². The molecule has 0 spiro atoms. The highest BCUT2D eigenvalue weighted by Gasteiger charge is 2.79. The van der Waals surface area contributed by atoms with Gasteiger partial charge < -0.3 is 57.8 Å². The van der Waals surface area contributed by atoms with Gasteiger partial charge in [0.25, 0.3) is 5.91 Å². The Morgan fingerprint density at radius 3 is 1.97 bits per heavy atom. The Kier molecular flexibility index (Phi) is 16.6. The summed E-state index contributed by atoms with van der Waals surface area (Å²) in [6.07, 6.45) is -12.9. The molecule has 3 N–H and O–H groups in total. The Morgan fingerprint density at radius 2 is 1.46 bits per heavy atom. The summed E-state index contributed by atoms with van der Waals surface area (Å²) in [6, 6.07) is 7.52. The number of hydrogen-bond donors (Lipinski definition) is 3. The molecule has 2 saturated carbocycles. The van der Waals surface area contributed by atoms with Crippen molar-refractivity contribution in [3.05, 3.63) is 71.2 Å². The molecule has 1 aromatic heterocycles. The largest absolute Gasteiger partial charge is 0.509 e. The zero-order valence-corrected chi connectivity index (χ0v) is 44.5. The molecule has 0 unspecified atom stereocenters. The first-order chi connectivity index (χ1) is 33.2. The van der Waals surface area contributed by atoms with Gasteiger partial charge in [0.1, 0.15) is 49.5 Å². The van der Waals surface area contributed by atoms with E-state index < -0.39 is 158 Å². The molecule has 3 fully saturated rings. The van der Waals surface area contributed by atoms with Gasteiger partial charge in [0.2, 0.25) is 7.59 Å². The lowest BCUT2D eigenvalue weighted by Crippen LogP contribution is -2.82. The lowest BCUT2D eigenvalue weighted by molar-refractivity contribution is -0.346.